The molecule has 7 nitrogen and oxygen atoms in total. The van der Waals surface area contributed by atoms with Crippen molar-refractivity contribution in [1.82, 2.24) is 5.32 Å². The Bertz CT molecular complexity index is 1010. The van der Waals surface area contributed by atoms with Crippen LogP contribution in [0, 0.1) is 0 Å². The van der Waals surface area contributed by atoms with E-state index in [2.05, 4.69) is 17.0 Å². The van der Waals surface area contributed by atoms with Crippen LogP contribution in [-0.4, -0.2) is 35.1 Å². The normalized spacial score (nSPS) is 11.1. The molecule has 2 aromatic carbocycles. The second-order valence-electron chi connectivity index (χ2n) is 6.40. The van der Waals surface area contributed by atoms with Gasteiger partial charge in [-0.2, -0.15) is 0 Å². The van der Waals surface area contributed by atoms with Gasteiger partial charge in [-0.05, 0) is 30.7 Å². The first-order valence-corrected chi connectivity index (χ1v) is 11.5. The molecular formula is C20H24Cl2N2O5S. The summed E-state index contributed by atoms with van der Waals surface area (Å²) in [5.41, 5.74) is 0.208. The molecule has 2 aromatic rings. The second-order valence-corrected chi connectivity index (χ2v) is 8.89. The van der Waals surface area contributed by atoms with Gasteiger partial charge in [0.1, 0.15) is 11.5 Å². The van der Waals surface area contributed by atoms with Gasteiger partial charge in [-0.1, -0.05) is 43.0 Å². The summed E-state index contributed by atoms with van der Waals surface area (Å²) in [7, 11) is -1.22. The first-order chi connectivity index (χ1) is 14.2. The zero-order chi connectivity index (χ0) is 22.3. The van der Waals surface area contributed by atoms with Crippen LogP contribution in [0.3, 0.4) is 0 Å². The number of methoxy groups -OCH3 is 2. The van der Waals surface area contributed by atoms with Crippen molar-refractivity contribution in [1.29, 1.82) is 0 Å². The number of carbonyl (C=O) groups excluding carboxylic acids is 1. The molecule has 0 aromatic heterocycles. The average molecular weight is 475 g/mol. The fraction of sp³-hybridized carbons (Fsp3) is 0.350. The smallest absolute Gasteiger partial charge is 0.262 e. The van der Waals surface area contributed by atoms with Crippen molar-refractivity contribution in [3.05, 3.63) is 45.9 Å². The highest BCUT2D eigenvalue weighted by molar-refractivity contribution is 7.92. The molecule has 164 valence electrons. The van der Waals surface area contributed by atoms with Gasteiger partial charge in [-0.15, -0.1) is 0 Å². The summed E-state index contributed by atoms with van der Waals surface area (Å²) in [6, 6.07) is 6.77. The van der Waals surface area contributed by atoms with E-state index in [1.807, 2.05) is 0 Å². The molecule has 10 heteroatoms. The number of ether oxygens (including phenoxy) is 2. The zero-order valence-corrected chi connectivity index (χ0v) is 19.2. The Morgan fingerprint density at radius 3 is 2.33 bits per heavy atom. The number of sulfonamides is 1. The maximum atomic E-state index is 12.9. The highest BCUT2D eigenvalue weighted by Gasteiger charge is 2.21. The summed E-state index contributed by atoms with van der Waals surface area (Å²) < 4.78 is 38.6. The standard InChI is InChI=1S/C20H24Cl2N2O5S/c1-4-5-6-9-23-20(25)14-10-13(7-8-15(14)21)30(26,27)24-17-11-16(22)18(28-2)12-19(17)29-3/h7-8,10-12,24H,4-6,9H2,1-3H3,(H,23,25). The lowest BCUT2D eigenvalue weighted by Gasteiger charge is -2.15. The van der Waals surface area contributed by atoms with Crippen LogP contribution in [0.1, 0.15) is 36.5 Å². The highest BCUT2D eigenvalue weighted by atomic mass is 35.5. The zero-order valence-electron chi connectivity index (χ0n) is 16.9. The van der Waals surface area contributed by atoms with Crippen molar-refractivity contribution in [3.63, 3.8) is 0 Å². The first-order valence-electron chi connectivity index (χ1n) is 9.25. The molecule has 2 rings (SSSR count). The van der Waals surface area contributed by atoms with Crippen molar-refractivity contribution in [3.8, 4) is 11.5 Å². The molecule has 0 aliphatic rings. The second kappa shape index (κ2) is 10.7. The van der Waals surface area contributed by atoms with Crippen LogP contribution in [0.15, 0.2) is 35.2 Å². The van der Waals surface area contributed by atoms with Crippen LogP contribution in [0.25, 0.3) is 0 Å². The maximum absolute atomic E-state index is 12.9. The molecule has 0 saturated carbocycles. The minimum atomic E-state index is -4.05. The quantitative estimate of drug-likeness (QED) is 0.485. The van der Waals surface area contributed by atoms with Gasteiger partial charge in [-0.3, -0.25) is 9.52 Å². The van der Waals surface area contributed by atoms with Crippen LogP contribution in [-0.2, 0) is 10.0 Å². The summed E-state index contributed by atoms with van der Waals surface area (Å²) >= 11 is 12.2. The third-order valence-corrected chi connectivity index (χ3v) is 6.27. The Labute approximate surface area is 186 Å². The van der Waals surface area contributed by atoms with Gasteiger partial charge >= 0.3 is 0 Å². The van der Waals surface area contributed by atoms with Crippen LogP contribution < -0.4 is 19.5 Å². The van der Waals surface area contributed by atoms with Crippen molar-refractivity contribution in [2.45, 2.75) is 31.1 Å². The van der Waals surface area contributed by atoms with Crippen molar-refractivity contribution in [2.24, 2.45) is 0 Å². The number of rotatable bonds is 10. The fourth-order valence-electron chi connectivity index (χ4n) is 2.66. The molecule has 0 saturated heterocycles. The monoisotopic (exact) mass is 474 g/mol. The van der Waals surface area contributed by atoms with Crippen LogP contribution in [0.2, 0.25) is 10.0 Å². The van der Waals surface area contributed by atoms with Gasteiger partial charge in [0, 0.05) is 12.6 Å². The van der Waals surface area contributed by atoms with Gasteiger partial charge < -0.3 is 14.8 Å². The number of nitrogens with one attached hydrogen (secondary N) is 2. The Hall–Kier alpha value is -2.16. The van der Waals surface area contributed by atoms with Gasteiger partial charge in [-0.25, -0.2) is 8.42 Å². The van der Waals surface area contributed by atoms with E-state index in [9.17, 15) is 13.2 Å². The lowest BCUT2D eigenvalue weighted by molar-refractivity contribution is 0.0953. The number of hydrogen-bond donors (Lipinski definition) is 2. The van der Waals surface area contributed by atoms with E-state index in [0.717, 1.165) is 19.3 Å². The Kier molecular flexibility index (Phi) is 8.64. The number of unbranched alkanes of at least 4 members (excludes halogenated alkanes) is 2. The molecule has 0 radical (unpaired) electrons. The minimum absolute atomic E-state index is 0.0794. The molecule has 0 heterocycles. The van der Waals surface area contributed by atoms with Gasteiger partial charge in [0.25, 0.3) is 15.9 Å². The number of benzene rings is 2. The lowest BCUT2D eigenvalue weighted by atomic mass is 10.2. The van der Waals surface area contributed by atoms with Crippen molar-refractivity contribution >= 4 is 44.8 Å². The summed E-state index contributed by atoms with van der Waals surface area (Å²) in [5.74, 6) is 0.130. The lowest BCUT2D eigenvalue weighted by Crippen LogP contribution is -2.25. The molecule has 1 amide bonds. The van der Waals surface area contributed by atoms with E-state index < -0.39 is 15.9 Å². The van der Waals surface area contributed by atoms with Gasteiger partial charge in [0.2, 0.25) is 0 Å². The third kappa shape index (κ3) is 5.93. The number of anilines is 1. The molecule has 0 fully saturated rings. The molecular weight excluding hydrogens is 451 g/mol. The largest absolute Gasteiger partial charge is 0.495 e. The first kappa shape index (κ1) is 24.1. The predicted molar refractivity (Wildman–Crippen MR) is 119 cm³/mol. The molecule has 0 aliphatic carbocycles. The van der Waals surface area contributed by atoms with E-state index in [1.54, 1.807) is 0 Å². The molecule has 0 spiro atoms. The van der Waals surface area contributed by atoms with Crippen LogP contribution >= 0.6 is 23.2 Å². The number of halogens is 2. The Morgan fingerprint density at radius 1 is 1.00 bits per heavy atom. The topological polar surface area (TPSA) is 93.7 Å². The van der Waals surface area contributed by atoms with E-state index in [0.29, 0.717) is 12.3 Å². The molecule has 0 aliphatic heterocycles. The maximum Gasteiger partial charge on any atom is 0.262 e. The third-order valence-electron chi connectivity index (χ3n) is 4.28. The molecule has 30 heavy (non-hydrogen) atoms. The average Bonchev–Trinajstić information content (AvgIpc) is 2.71. The predicted octanol–water partition coefficient (Wildman–Crippen LogP) is 4.73. The fourth-order valence-corrected chi connectivity index (χ4v) is 4.19. The van der Waals surface area contributed by atoms with Crippen LogP contribution in [0.4, 0.5) is 5.69 Å². The van der Waals surface area contributed by atoms with E-state index in [4.69, 9.17) is 32.7 Å². The van der Waals surface area contributed by atoms with Gasteiger partial charge in [0.05, 0.1) is 40.4 Å². The molecule has 0 unspecified atom stereocenters. The molecule has 0 bridgehead atoms. The number of carbonyl (C=O) groups is 1. The summed E-state index contributed by atoms with van der Waals surface area (Å²) in [5, 5.41) is 3.12. The molecule has 0 atom stereocenters. The number of amides is 1. The summed E-state index contributed by atoms with van der Waals surface area (Å²) in [6.45, 7) is 2.55. The SMILES string of the molecule is CCCCCNC(=O)c1cc(S(=O)(=O)Nc2cc(Cl)c(OC)cc2OC)ccc1Cl. The van der Waals surface area contributed by atoms with Crippen molar-refractivity contribution in [2.75, 3.05) is 25.5 Å². The van der Waals surface area contributed by atoms with E-state index in [-0.39, 0.29) is 31.9 Å². The van der Waals surface area contributed by atoms with Gasteiger partial charge in [0.15, 0.2) is 0 Å². The Balaban J connectivity index is 2.31. The van der Waals surface area contributed by atoms with E-state index >= 15 is 0 Å². The Morgan fingerprint density at radius 2 is 1.70 bits per heavy atom. The number of hydrogen-bond acceptors (Lipinski definition) is 5. The van der Waals surface area contributed by atoms with Crippen molar-refractivity contribution < 1.29 is 22.7 Å². The minimum Gasteiger partial charge on any atom is -0.495 e. The summed E-state index contributed by atoms with van der Waals surface area (Å²) in [6.07, 6.45) is 2.84. The molecule has 2 N–H and O–H groups in total. The highest BCUT2D eigenvalue weighted by Crippen LogP contribution is 2.37. The van der Waals surface area contributed by atoms with Crippen LogP contribution in [0.5, 0.6) is 11.5 Å². The summed E-state index contributed by atoms with van der Waals surface area (Å²) in [4.78, 5) is 12.3. The van der Waals surface area contributed by atoms with E-state index in [1.165, 1.54) is 44.6 Å².